The largest absolute Gasteiger partial charge is 0.416 e. The zero-order chi connectivity index (χ0) is 27.5. The van der Waals surface area contributed by atoms with Crippen LogP contribution in [-0.2, 0) is 23.7 Å². The first-order valence-electron chi connectivity index (χ1n) is 12.0. The molecule has 1 atom stereocenters. The van der Waals surface area contributed by atoms with Crippen molar-refractivity contribution in [3.05, 3.63) is 106 Å². The summed E-state index contributed by atoms with van der Waals surface area (Å²) in [7, 11) is 0. The van der Waals surface area contributed by atoms with Crippen molar-refractivity contribution in [2.45, 2.75) is 37.2 Å². The summed E-state index contributed by atoms with van der Waals surface area (Å²) < 4.78 is 92.5. The van der Waals surface area contributed by atoms with Gasteiger partial charge in [-0.05, 0) is 60.0 Å². The Morgan fingerprint density at radius 2 is 1.45 bits per heavy atom. The van der Waals surface area contributed by atoms with Gasteiger partial charge in [-0.1, -0.05) is 42.5 Å². The van der Waals surface area contributed by atoms with Crippen LogP contribution in [0, 0.1) is 5.82 Å². The van der Waals surface area contributed by atoms with Gasteiger partial charge in [-0.15, -0.1) is 0 Å². The molecule has 0 saturated carbocycles. The number of benzene rings is 3. The second-order valence-corrected chi connectivity index (χ2v) is 9.39. The van der Waals surface area contributed by atoms with Crippen LogP contribution in [0.3, 0.4) is 0 Å². The second-order valence-electron chi connectivity index (χ2n) is 9.39. The first-order chi connectivity index (χ1) is 17.9. The van der Waals surface area contributed by atoms with Crippen LogP contribution >= 0.6 is 0 Å². The number of hydrogen-bond donors (Lipinski definition) is 1. The lowest BCUT2D eigenvalue weighted by Gasteiger charge is -2.40. The molecule has 4 rings (SSSR count). The van der Waals surface area contributed by atoms with Gasteiger partial charge >= 0.3 is 12.4 Å². The van der Waals surface area contributed by atoms with Gasteiger partial charge < -0.3 is 10.2 Å². The Morgan fingerprint density at radius 1 is 0.868 bits per heavy atom. The van der Waals surface area contributed by atoms with Crippen LogP contribution in [0.15, 0.2) is 72.8 Å². The number of rotatable bonds is 8. The van der Waals surface area contributed by atoms with E-state index in [4.69, 9.17) is 0 Å². The van der Waals surface area contributed by atoms with Crippen molar-refractivity contribution in [2.24, 2.45) is 0 Å². The highest BCUT2D eigenvalue weighted by Crippen LogP contribution is 2.36. The van der Waals surface area contributed by atoms with E-state index in [0.717, 1.165) is 13.1 Å². The van der Waals surface area contributed by atoms with E-state index in [2.05, 4.69) is 22.3 Å². The third kappa shape index (κ3) is 6.92. The minimum Gasteiger partial charge on any atom is -0.351 e. The van der Waals surface area contributed by atoms with Crippen molar-refractivity contribution in [1.82, 2.24) is 10.2 Å². The molecule has 3 aromatic rings. The van der Waals surface area contributed by atoms with Gasteiger partial charge in [-0.3, -0.25) is 4.79 Å². The minimum absolute atomic E-state index is 0.0441. The van der Waals surface area contributed by atoms with Gasteiger partial charge in [0.05, 0.1) is 17.0 Å². The lowest BCUT2D eigenvalue weighted by atomic mass is 9.89. The highest BCUT2D eigenvalue weighted by molar-refractivity contribution is 5.83. The smallest absolute Gasteiger partial charge is 0.351 e. The molecule has 1 aliphatic rings. The first kappa shape index (κ1) is 27.6. The number of carbonyl (C=O) groups excluding carboxylic acids is 1. The number of alkyl halides is 6. The number of halogens is 7. The maximum absolute atomic E-state index is 13.5. The average Bonchev–Trinajstić information content (AvgIpc) is 2.84. The van der Waals surface area contributed by atoms with Crippen molar-refractivity contribution >= 4 is 5.91 Å². The first-order valence-corrected chi connectivity index (χ1v) is 12.0. The molecule has 1 aliphatic heterocycles. The van der Waals surface area contributed by atoms with Gasteiger partial charge in [0.2, 0.25) is 5.91 Å². The molecule has 0 aromatic heterocycles. The molecule has 0 radical (unpaired) electrons. The summed E-state index contributed by atoms with van der Waals surface area (Å²) in [6.45, 7) is 1.61. The van der Waals surface area contributed by atoms with Crippen molar-refractivity contribution in [3.63, 3.8) is 0 Å². The number of nitrogens with one attached hydrogen (secondary N) is 1. The third-order valence-corrected chi connectivity index (χ3v) is 6.67. The predicted octanol–water partition coefficient (Wildman–Crippen LogP) is 6.75. The predicted molar refractivity (Wildman–Crippen MR) is 128 cm³/mol. The van der Waals surface area contributed by atoms with Crippen LogP contribution in [0.25, 0.3) is 0 Å². The molecule has 0 spiro atoms. The van der Waals surface area contributed by atoms with E-state index < -0.39 is 47.7 Å². The lowest BCUT2D eigenvalue weighted by Crippen LogP contribution is -2.46. The summed E-state index contributed by atoms with van der Waals surface area (Å²) in [5.74, 6) is -1.45. The molecule has 0 unspecified atom stereocenters. The molecule has 1 fully saturated rings. The molecular formula is C28H25F7N2O. The maximum atomic E-state index is 13.5. The quantitative estimate of drug-likeness (QED) is 0.322. The van der Waals surface area contributed by atoms with Gasteiger partial charge in [0.1, 0.15) is 5.82 Å². The Kier molecular flexibility index (Phi) is 8.10. The highest BCUT2D eigenvalue weighted by atomic mass is 19.4. The maximum Gasteiger partial charge on any atom is 0.416 e. The molecule has 1 N–H and O–H groups in total. The van der Waals surface area contributed by atoms with E-state index >= 15 is 0 Å². The summed E-state index contributed by atoms with van der Waals surface area (Å²) >= 11 is 0. The van der Waals surface area contributed by atoms with Gasteiger partial charge in [0.15, 0.2) is 0 Å². The fraction of sp³-hybridized carbons (Fsp3) is 0.321. The average molecular weight is 539 g/mol. The fourth-order valence-corrected chi connectivity index (χ4v) is 4.58. The van der Waals surface area contributed by atoms with Gasteiger partial charge in [-0.2, -0.15) is 26.3 Å². The number of amides is 1. The van der Waals surface area contributed by atoms with Crippen LogP contribution in [0.1, 0.15) is 46.1 Å². The van der Waals surface area contributed by atoms with E-state index in [1.165, 1.54) is 29.8 Å². The van der Waals surface area contributed by atoms with E-state index in [1.54, 1.807) is 0 Å². The lowest BCUT2D eigenvalue weighted by molar-refractivity contribution is -0.143. The molecule has 3 aromatic carbocycles. The summed E-state index contributed by atoms with van der Waals surface area (Å²) in [5.41, 5.74) is -1.50. The standard InChI is InChI=1S/C28H25F7N2O/c29-24-8-6-20(7-9-24)25(10-11-37-16-21(17-37)19-4-2-1-3-5-19)26(38)36-15-18-12-22(27(30,31)32)14-23(13-18)28(33,34)35/h1-9,12-14,21,25H,10-11,15-17H2,(H,36,38)/t25-/m0/s1. The molecule has 202 valence electrons. The minimum atomic E-state index is -4.98. The van der Waals surface area contributed by atoms with E-state index in [1.807, 2.05) is 18.2 Å². The Bertz CT molecular complexity index is 1200. The molecule has 1 amide bonds. The highest BCUT2D eigenvalue weighted by Gasteiger charge is 2.37. The zero-order valence-electron chi connectivity index (χ0n) is 20.1. The second kappa shape index (κ2) is 11.1. The van der Waals surface area contributed by atoms with Crippen LogP contribution in [0.2, 0.25) is 0 Å². The third-order valence-electron chi connectivity index (χ3n) is 6.67. The molecule has 10 heteroatoms. The molecule has 0 aliphatic carbocycles. The van der Waals surface area contributed by atoms with Gasteiger partial charge in [-0.25, -0.2) is 4.39 Å². The Labute approximate surface area is 215 Å². The molecule has 1 saturated heterocycles. The monoisotopic (exact) mass is 538 g/mol. The summed E-state index contributed by atoms with van der Waals surface area (Å²) in [6.07, 6.45) is -9.62. The Balaban J connectivity index is 1.45. The van der Waals surface area contributed by atoms with Gasteiger partial charge in [0, 0.05) is 25.6 Å². The molecule has 0 bridgehead atoms. The van der Waals surface area contributed by atoms with Crippen molar-refractivity contribution in [2.75, 3.05) is 19.6 Å². The van der Waals surface area contributed by atoms with Crippen LogP contribution in [0.5, 0.6) is 0 Å². The van der Waals surface area contributed by atoms with Crippen LogP contribution < -0.4 is 5.32 Å². The number of carbonyl (C=O) groups is 1. The SMILES string of the molecule is O=C(NCc1cc(C(F)(F)F)cc(C(F)(F)F)c1)[C@@H](CCN1CC(c2ccccc2)C1)c1ccc(F)cc1. The van der Waals surface area contributed by atoms with Crippen molar-refractivity contribution < 1.29 is 35.5 Å². The fourth-order valence-electron chi connectivity index (χ4n) is 4.58. The zero-order valence-corrected chi connectivity index (χ0v) is 20.1. The summed E-state index contributed by atoms with van der Waals surface area (Å²) in [6, 6.07) is 16.5. The summed E-state index contributed by atoms with van der Waals surface area (Å²) in [4.78, 5) is 15.3. The van der Waals surface area contributed by atoms with E-state index in [9.17, 15) is 35.5 Å². The normalized spacial score (nSPS) is 15.7. The van der Waals surface area contributed by atoms with Crippen LogP contribution in [0.4, 0.5) is 30.7 Å². The number of nitrogens with zero attached hydrogens (tertiary/aromatic N) is 1. The Hall–Kier alpha value is -3.40. The van der Waals surface area contributed by atoms with E-state index in [0.29, 0.717) is 36.6 Å². The molecular weight excluding hydrogens is 513 g/mol. The Morgan fingerprint density at radius 3 is 2.00 bits per heavy atom. The molecule has 1 heterocycles. The van der Waals surface area contributed by atoms with Crippen LogP contribution in [-0.4, -0.2) is 30.4 Å². The summed E-state index contributed by atoms with van der Waals surface area (Å²) in [5, 5.41) is 2.48. The van der Waals surface area contributed by atoms with Crippen molar-refractivity contribution in [1.29, 1.82) is 0 Å². The topological polar surface area (TPSA) is 32.3 Å². The van der Waals surface area contributed by atoms with E-state index in [-0.39, 0.29) is 11.6 Å². The number of hydrogen-bond acceptors (Lipinski definition) is 2. The molecule has 3 nitrogen and oxygen atoms in total. The van der Waals surface area contributed by atoms with Gasteiger partial charge in [0.25, 0.3) is 0 Å². The van der Waals surface area contributed by atoms with Crippen molar-refractivity contribution in [3.8, 4) is 0 Å². The molecule has 38 heavy (non-hydrogen) atoms. The number of likely N-dealkylation sites (tertiary alicyclic amines) is 1.